The van der Waals surface area contributed by atoms with Gasteiger partial charge in [0.05, 0.1) is 11.5 Å². The molecule has 4 aliphatic rings. The highest BCUT2D eigenvalue weighted by atomic mass is 32.2. The molecule has 10 heteroatoms. The highest BCUT2D eigenvalue weighted by Gasteiger charge is 2.70. The molecule has 1 aromatic carbocycles. The van der Waals surface area contributed by atoms with Crippen molar-refractivity contribution in [2.45, 2.75) is 83.1 Å². The first-order valence-electron chi connectivity index (χ1n) is 15.1. The van der Waals surface area contributed by atoms with E-state index in [0.717, 1.165) is 17.6 Å². The fraction of sp³-hybridized carbons (Fsp3) is 0.576. The van der Waals surface area contributed by atoms with Crippen LogP contribution in [0.15, 0.2) is 53.0 Å². The van der Waals surface area contributed by atoms with E-state index in [9.17, 15) is 27.6 Å². The summed E-state index contributed by atoms with van der Waals surface area (Å²) in [5.74, 6) is -1.52. The normalized spacial score (nSPS) is 33.2. The molecular weight excluding hydrogens is 572 g/mol. The van der Waals surface area contributed by atoms with E-state index in [4.69, 9.17) is 13.7 Å². The second-order valence-electron chi connectivity index (χ2n) is 12.9. The Labute approximate surface area is 253 Å². The third-order valence-electron chi connectivity index (χ3n) is 10.5. The van der Waals surface area contributed by atoms with E-state index < -0.39 is 45.1 Å². The molecule has 9 nitrogen and oxygen atoms in total. The molecule has 232 valence electrons. The number of carbonyl (C=O) groups excluding carboxylic acids is 4. The van der Waals surface area contributed by atoms with E-state index in [-0.39, 0.29) is 53.7 Å². The molecule has 3 fully saturated rings. The minimum Gasteiger partial charge on any atom is -0.434 e. The van der Waals surface area contributed by atoms with E-state index in [0.29, 0.717) is 25.7 Å². The number of Topliss-reactive ketones (excluding diaryl/α,β-unsaturated/α-hetero) is 2. The van der Waals surface area contributed by atoms with E-state index in [2.05, 4.69) is 0 Å². The molecule has 0 aromatic heterocycles. The predicted octanol–water partition coefficient (Wildman–Crippen LogP) is 5.45. The summed E-state index contributed by atoms with van der Waals surface area (Å²) in [5, 5.41) is 0. The van der Waals surface area contributed by atoms with Gasteiger partial charge < -0.3 is 9.47 Å². The number of unbranched alkanes of at least 4 members (excludes halogenated alkanes) is 1. The lowest BCUT2D eigenvalue weighted by atomic mass is 9.46. The first-order chi connectivity index (χ1) is 20.3. The van der Waals surface area contributed by atoms with Crippen molar-refractivity contribution in [1.82, 2.24) is 0 Å². The largest absolute Gasteiger partial charge is 0.509 e. The number of ketones is 3. The van der Waals surface area contributed by atoms with E-state index >= 15 is 0 Å². The summed E-state index contributed by atoms with van der Waals surface area (Å²) in [6.45, 7) is 6.83. The standard InChI is InChI=1S/C33H40O9S/c1-5-6-17-40-30(37)42-33(28(36)20-41-43(38,39)24-10-7-21(2)8-11-24)16-14-26-25-12-9-22-18-23(34)13-15-31(22,3)29(25)27(35)19-32(26,33)4/h7-8,10-11,13,15,18,25-26,29H,5-6,9,12,14,16-17,19-20H2,1-4H3/t25-,26-,29+,31-,32-,33-/m0/s1. The molecule has 1 aromatic rings. The lowest BCUT2D eigenvalue weighted by Gasteiger charge is -2.57. The monoisotopic (exact) mass is 612 g/mol. The lowest BCUT2D eigenvalue weighted by molar-refractivity contribution is -0.172. The molecule has 0 amide bonds. The Kier molecular flexibility index (Phi) is 8.33. The molecule has 0 unspecified atom stereocenters. The van der Waals surface area contributed by atoms with Crippen molar-refractivity contribution in [3.05, 3.63) is 53.6 Å². The van der Waals surface area contributed by atoms with Crippen LogP contribution in [-0.4, -0.2) is 50.7 Å². The number of fused-ring (bicyclic) bond motifs is 5. The van der Waals surface area contributed by atoms with Gasteiger partial charge in [-0.25, -0.2) is 4.79 Å². The molecule has 0 spiro atoms. The van der Waals surface area contributed by atoms with Gasteiger partial charge in [0.25, 0.3) is 10.1 Å². The van der Waals surface area contributed by atoms with Gasteiger partial charge in [-0.2, -0.15) is 8.42 Å². The number of allylic oxidation sites excluding steroid dienone is 4. The van der Waals surface area contributed by atoms with Crippen LogP contribution in [0.1, 0.15) is 71.3 Å². The van der Waals surface area contributed by atoms with Gasteiger partial charge in [0.15, 0.2) is 11.4 Å². The van der Waals surface area contributed by atoms with Crippen LogP contribution in [0.5, 0.6) is 0 Å². The van der Waals surface area contributed by atoms with Crippen molar-refractivity contribution in [2.24, 2.45) is 28.6 Å². The maximum atomic E-state index is 14.1. The first kappa shape index (κ1) is 31.3. The second kappa shape index (κ2) is 11.4. The van der Waals surface area contributed by atoms with Crippen LogP contribution in [0.3, 0.4) is 0 Å². The van der Waals surface area contributed by atoms with Gasteiger partial charge in [-0.3, -0.25) is 18.6 Å². The highest BCUT2D eigenvalue weighted by Crippen LogP contribution is 2.67. The van der Waals surface area contributed by atoms with Gasteiger partial charge in [-0.05, 0) is 75.1 Å². The Morgan fingerprint density at radius 2 is 1.79 bits per heavy atom. The minimum atomic E-state index is -4.28. The zero-order chi connectivity index (χ0) is 31.2. The Balaban J connectivity index is 1.46. The number of ether oxygens (including phenoxy) is 2. The van der Waals surface area contributed by atoms with Crippen LogP contribution in [0.2, 0.25) is 0 Å². The maximum Gasteiger partial charge on any atom is 0.509 e. The minimum absolute atomic E-state index is 0.0395. The molecule has 6 atom stereocenters. The average Bonchev–Trinajstić information content (AvgIpc) is 3.24. The highest BCUT2D eigenvalue weighted by molar-refractivity contribution is 7.86. The summed E-state index contributed by atoms with van der Waals surface area (Å²) in [6.07, 6.45) is 7.27. The van der Waals surface area contributed by atoms with Gasteiger partial charge >= 0.3 is 6.16 Å². The van der Waals surface area contributed by atoms with Crippen molar-refractivity contribution in [3.8, 4) is 0 Å². The number of benzene rings is 1. The number of aryl methyl sites for hydroxylation is 1. The summed E-state index contributed by atoms with van der Waals surface area (Å²) in [7, 11) is -4.28. The number of carbonyl (C=O) groups is 4. The zero-order valence-electron chi connectivity index (χ0n) is 25.2. The van der Waals surface area contributed by atoms with Crippen LogP contribution in [0.4, 0.5) is 4.79 Å². The molecule has 43 heavy (non-hydrogen) atoms. The quantitative estimate of drug-likeness (QED) is 0.203. The summed E-state index contributed by atoms with van der Waals surface area (Å²) < 4.78 is 42.4. The third kappa shape index (κ3) is 5.30. The van der Waals surface area contributed by atoms with Crippen LogP contribution in [0.25, 0.3) is 0 Å². The molecule has 0 heterocycles. The second-order valence-corrected chi connectivity index (χ2v) is 14.5. The lowest BCUT2D eigenvalue weighted by Crippen LogP contribution is -2.62. The molecule has 0 radical (unpaired) electrons. The summed E-state index contributed by atoms with van der Waals surface area (Å²) in [6, 6.07) is 6.06. The Hall–Kier alpha value is -3.11. The average molecular weight is 613 g/mol. The SMILES string of the molecule is CCCCOC(=O)O[C@]1(C(=O)COS(=O)(=O)c2ccc(C)cc2)CC[C@H]2[C@@H]3CCC4=CC(=O)C=C[C@]4(C)[C@H]3C(=O)C[C@@]21C. The molecular formula is C33H40O9S. The molecule has 5 rings (SSSR count). The van der Waals surface area contributed by atoms with E-state index in [1.165, 1.54) is 18.2 Å². The maximum absolute atomic E-state index is 14.1. The summed E-state index contributed by atoms with van der Waals surface area (Å²) in [4.78, 5) is 53.3. The van der Waals surface area contributed by atoms with Crippen molar-refractivity contribution in [1.29, 1.82) is 0 Å². The smallest absolute Gasteiger partial charge is 0.434 e. The van der Waals surface area contributed by atoms with Gasteiger partial charge in [0.1, 0.15) is 12.4 Å². The third-order valence-corrected chi connectivity index (χ3v) is 11.7. The van der Waals surface area contributed by atoms with Gasteiger partial charge in [0.2, 0.25) is 5.78 Å². The Morgan fingerprint density at radius 1 is 1.07 bits per heavy atom. The first-order valence-corrected chi connectivity index (χ1v) is 16.5. The van der Waals surface area contributed by atoms with Crippen molar-refractivity contribution < 1.29 is 41.3 Å². The topological polar surface area (TPSA) is 130 Å². The Morgan fingerprint density at radius 3 is 2.49 bits per heavy atom. The van der Waals surface area contributed by atoms with Gasteiger partial charge in [0, 0.05) is 23.2 Å². The van der Waals surface area contributed by atoms with Crippen LogP contribution >= 0.6 is 0 Å². The molecule has 0 N–H and O–H groups in total. The predicted molar refractivity (Wildman–Crippen MR) is 156 cm³/mol. The zero-order valence-corrected chi connectivity index (χ0v) is 26.0. The fourth-order valence-corrected chi connectivity index (χ4v) is 9.06. The van der Waals surface area contributed by atoms with Gasteiger partial charge in [-0.15, -0.1) is 0 Å². The molecule has 0 bridgehead atoms. The van der Waals surface area contributed by atoms with Crippen LogP contribution < -0.4 is 0 Å². The van der Waals surface area contributed by atoms with Crippen molar-refractivity contribution in [2.75, 3.05) is 13.2 Å². The number of hydrogen-bond donors (Lipinski definition) is 0. The molecule has 3 saturated carbocycles. The van der Waals surface area contributed by atoms with Crippen molar-refractivity contribution >= 4 is 33.6 Å². The Bertz CT molecular complexity index is 1490. The summed E-state index contributed by atoms with van der Waals surface area (Å²) >= 11 is 0. The van der Waals surface area contributed by atoms with Crippen LogP contribution in [-0.2, 0) is 38.2 Å². The number of hydrogen-bond acceptors (Lipinski definition) is 9. The van der Waals surface area contributed by atoms with Crippen LogP contribution in [0, 0.1) is 35.5 Å². The molecule has 0 aliphatic heterocycles. The number of rotatable bonds is 9. The molecule has 0 saturated heterocycles. The molecule has 4 aliphatic carbocycles. The van der Waals surface area contributed by atoms with Crippen molar-refractivity contribution in [3.63, 3.8) is 0 Å². The van der Waals surface area contributed by atoms with Gasteiger partial charge in [-0.1, -0.05) is 56.5 Å². The van der Waals surface area contributed by atoms with E-state index in [1.54, 1.807) is 25.1 Å². The van der Waals surface area contributed by atoms with E-state index in [1.807, 2.05) is 26.8 Å². The fourth-order valence-electron chi connectivity index (χ4n) is 8.19. The summed E-state index contributed by atoms with van der Waals surface area (Å²) in [5.41, 5.74) is -1.70.